The highest BCUT2D eigenvalue weighted by molar-refractivity contribution is 5.96. The van der Waals surface area contributed by atoms with Crippen molar-refractivity contribution in [1.29, 1.82) is 0 Å². The molecule has 0 radical (unpaired) electrons. The van der Waals surface area contributed by atoms with Gasteiger partial charge >= 0.3 is 0 Å². The SMILES string of the molecule is Cc1cc(C)c(C)c(-c2cc3c(-c4cnc(C)cn4)cccc3c[n+]2C)c1. The van der Waals surface area contributed by atoms with E-state index in [4.69, 9.17) is 0 Å². The zero-order valence-corrected chi connectivity index (χ0v) is 16.5. The van der Waals surface area contributed by atoms with Crippen molar-refractivity contribution < 1.29 is 4.57 Å². The Labute approximate surface area is 160 Å². The molecule has 0 atom stereocenters. The van der Waals surface area contributed by atoms with Crippen LogP contribution in [0.25, 0.3) is 33.3 Å². The Kier molecular flexibility index (Phi) is 4.23. The van der Waals surface area contributed by atoms with Crippen LogP contribution in [0.3, 0.4) is 0 Å². The molecule has 0 saturated carbocycles. The molecule has 0 saturated heterocycles. The summed E-state index contributed by atoms with van der Waals surface area (Å²) in [6.45, 7) is 8.50. The summed E-state index contributed by atoms with van der Waals surface area (Å²) < 4.78 is 2.22. The van der Waals surface area contributed by atoms with E-state index in [1.165, 1.54) is 38.7 Å². The van der Waals surface area contributed by atoms with Gasteiger partial charge in [0, 0.05) is 34.2 Å². The predicted octanol–water partition coefficient (Wildman–Crippen LogP) is 5.02. The summed E-state index contributed by atoms with van der Waals surface area (Å²) in [6, 6.07) is 13.2. The van der Waals surface area contributed by atoms with Gasteiger partial charge in [0.25, 0.3) is 0 Å². The third-order valence-corrected chi connectivity index (χ3v) is 5.28. The van der Waals surface area contributed by atoms with Gasteiger partial charge in [0.05, 0.1) is 17.6 Å². The largest absolute Gasteiger partial charge is 0.258 e. The summed E-state index contributed by atoms with van der Waals surface area (Å²) in [5.74, 6) is 0. The minimum absolute atomic E-state index is 0.906. The quantitative estimate of drug-likeness (QED) is 0.473. The molecular weight excluding hydrogens is 330 g/mol. The molecule has 0 bridgehead atoms. The van der Waals surface area contributed by atoms with Crippen LogP contribution in [0.15, 0.2) is 55.0 Å². The van der Waals surface area contributed by atoms with E-state index in [0.29, 0.717) is 0 Å². The number of hydrogen-bond donors (Lipinski definition) is 0. The maximum atomic E-state index is 4.60. The Hall–Kier alpha value is -3.07. The standard InChI is InChI=1S/C24H24N3/c1-15-9-16(2)18(4)21(10-15)24-11-22-19(14-27(24)5)7-6-8-20(22)23-13-25-17(3)12-26-23/h6-14H,1-5H3/q+1. The summed E-state index contributed by atoms with van der Waals surface area (Å²) in [4.78, 5) is 9.03. The molecule has 0 N–H and O–H groups in total. The third-order valence-electron chi connectivity index (χ3n) is 5.28. The minimum atomic E-state index is 0.906. The normalized spacial score (nSPS) is 11.1. The molecule has 4 aromatic rings. The van der Waals surface area contributed by atoms with Crippen LogP contribution in [-0.4, -0.2) is 9.97 Å². The summed E-state index contributed by atoms with van der Waals surface area (Å²) in [6.07, 6.45) is 5.89. The molecule has 0 fully saturated rings. The summed E-state index contributed by atoms with van der Waals surface area (Å²) in [7, 11) is 2.12. The molecule has 27 heavy (non-hydrogen) atoms. The number of rotatable bonds is 2. The lowest BCUT2D eigenvalue weighted by atomic mass is 9.95. The number of aryl methyl sites for hydroxylation is 4. The molecule has 4 rings (SSSR count). The number of pyridine rings is 1. The fraction of sp³-hybridized carbons (Fsp3) is 0.208. The molecule has 2 aromatic heterocycles. The van der Waals surface area contributed by atoms with Crippen LogP contribution in [-0.2, 0) is 7.05 Å². The second kappa shape index (κ2) is 6.58. The lowest BCUT2D eigenvalue weighted by Gasteiger charge is -2.11. The lowest BCUT2D eigenvalue weighted by Crippen LogP contribution is -2.30. The van der Waals surface area contributed by atoms with Crippen molar-refractivity contribution in [1.82, 2.24) is 9.97 Å². The van der Waals surface area contributed by atoms with Gasteiger partial charge in [-0.15, -0.1) is 0 Å². The van der Waals surface area contributed by atoms with Gasteiger partial charge in [0.2, 0.25) is 5.69 Å². The number of benzene rings is 2. The van der Waals surface area contributed by atoms with Crippen LogP contribution < -0.4 is 4.57 Å². The molecule has 0 amide bonds. The van der Waals surface area contributed by atoms with Gasteiger partial charge in [-0.05, 0) is 51.0 Å². The van der Waals surface area contributed by atoms with Crippen LogP contribution in [0.4, 0.5) is 0 Å². The highest BCUT2D eigenvalue weighted by atomic mass is 14.9. The maximum Gasteiger partial charge on any atom is 0.213 e. The Bertz CT molecular complexity index is 1160. The van der Waals surface area contributed by atoms with Crippen LogP contribution in [0.1, 0.15) is 22.4 Å². The van der Waals surface area contributed by atoms with Crippen molar-refractivity contribution >= 4 is 10.8 Å². The fourth-order valence-corrected chi connectivity index (χ4v) is 3.70. The zero-order chi connectivity index (χ0) is 19.1. The molecule has 3 heteroatoms. The minimum Gasteiger partial charge on any atom is -0.258 e. The van der Waals surface area contributed by atoms with E-state index in [1.54, 1.807) is 0 Å². The highest BCUT2D eigenvalue weighted by Gasteiger charge is 2.17. The monoisotopic (exact) mass is 354 g/mol. The van der Waals surface area contributed by atoms with Gasteiger partial charge in [-0.25, -0.2) is 4.57 Å². The Morgan fingerprint density at radius 2 is 1.67 bits per heavy atom. The van der Waals surface area contributed by atoms with Gasteiger partial charge in [-0.3, -0.25) is 9.97 Å². The van der Waals surface area contributed by atoms with E-state index < -0.39 is 0 Å². The van der Waals surface area contributed by atoms with Gasteiger partial charge in [-0.2, -0.15) is 0 Å². The van der Waals surface area contributed by atoms with Crippen LogP contribution in [0.2, 0.25) is 0 Å². The lowest BCUT2D eigenvalue weighted by molar-refractivity contribution is -0.659. The number of hydrogen-bond acceptors (Lipinski definition) is 2. The molecule has 0 aliphatic carbocycles. The summed E-state index contributed by atoms with van der Waals surface area (Å²) >= 11 is 0. The number of fused-ring (bicyclic) bond motifs is 1. The second-order valence-electron chi connectivity index (χ2n) is 7.38. The summed E-state index contributed by atoms with van der Waals surface area (Å²) in [5, 5.41) is 2.39. The molecule has 134 valence electrons. The van der Waals surface area contributed by atoms with Gasteiger partial charge in [0.1, 0.15) is 7.05 Å². The van der Waals surface area contributed by atoms with Crippen molar-refractivity contribution in [2.45, 2.75) is 27.7 Å². The highest BCUT2D eigenvalue weighted by Crippen LogP contribution is 2.31. The van der Waals surface area contributed by atoms with E-state index >= 15 is 0 Å². The van der Waals surface area contributed by atoms with Gasteiger partial charge < -0.3 is 0 Å². The van der Waals surface area contributed by atoms with Gasteiger partial charge in [0.15, 0.2) is 6.20 Å². The average molecular weight is 354 g/mol. The van der Waals surface area contributed by atoms with E-state index in [0.717, 1.165) is 17.0 Å². The van der Waals surface area contributed by atoms with E-state index in [2.05, 4.69) is 84.9 Å². The van der Waals surface area contributed by atoms with Crippen LogP contribution in [0.5, 0.6) is 0 Å². The van der Waals surface area contributed by atoms with Crippen LogP contribution in [0, 0.1) is 27.7 Å². The van der Waals surface area contributed by atoms with Crippen molar-refractivity contribution in [2.24, 2.45) is 7.05 Å². The topological polar surface area (TPSA) is 29.7 Å². The third kappa shape index (κ3) is 3.10. The molecule has 0 spiro atoms. The fourth-order valence-electron chi connectivity index (χ4n) is 3.70. The van der Waals surface area contributed by atoms with Crippen molar-refractivity contribution in [3.8, 4) is 22.5 Å². The molecule has 0 aliphatic heterocycles. The number of nitrogens with zero attached hydrogens (tertiary/aromatic N) is 3. The first-order valence-corrected chi connectivity index (χ1v) is 9.23. The first kappa shape index (κ1) is 17.3. The van der Waals surface area contributed by atoms with E-state index in [1.807, 2.05) is 19.3 Å². The van der Waals surface area contributed by atoms with Gasteiger partial charge in [-0.1, -0.05) is 23.8 Å². The smallest absolute Gasteiger partial charge is 0.213 e. The van der Waals surface area contributed by atoms with E-state index in [-0.39, 0.29) is 0 Å². The zero-order valence-electron chi connectivity index (χ0n) is 16.5. The molecule has 0 unspecified atom stereocenters. The molecule has 0 aliphatic rings. The summed E-state index contributed by atoms with van der Waals surface area (Å²) in [5.41, 5.74) is 9.36. The second-order valence-corrected chi connectivity index (χ2v) is 7.38. The number of aromatic nitrogens is 3. The van der Waals surface area contributed by atoms with Crippen molar-refractivity contribution in [3.63, 3.8) is 0 Å². The first-order chi connectivity index (χ1) is 12.9. The Morgan fingerprint density at radius 3 is 2.41 bits per heavy atom. The van der Waals surface area contributed by atoms with Crippen molar-refractivity contribution in [2.75, 3.05) is 0 Å². The van der Waals surface area contributed by atoms with Crippen LogP contribution >= 0.6 is 0 Å². The molecule has 3 nitrogen and oxygen atoms in total. The molecule has 2 heterocycles. The van der Waals surface area contributed by atoms with E-state index in [9.17, 15) is 0 Å². The average Bonchev–Trinajstić information content (AvgIpc) is 2.64. The molecule has 2 aromatic carbocycles. The first-order valence-electron chi connectivity index (χ1n) is 9.23. The Morgan fingerprint density at radius 1 is 0.852 bits per heavy atom. The molecular formula is C24H24N3+. The Balaban J connectivity index is 2.00. The predicted molar refractivity (Wildman–Crippen MR) is 111 cm³/mol. The maximum absolute atomic E-state index is 4.60. The van der Waals surface area contributed by atoms with Crippen molar-refractivity contribution in [3.05, 3.63) is 77.4 Å².